The Hall–Kier alpha value is -3.92. The average Bonchev–Trinajstić information content (AvgIpc) is 2.82. The molecule has 9 nitrogen and oxygen atoms in total. The number of carbonyl (C=O) groups is 1. The Kier molecular flexibility index (Phi) is 7.06. The first-order valence-corrected chi connectivity index (χ1v) is 11.1. The summed E-state index contributed by atoms with van der Waals surface area (Å²) in [5.74, 6) is -0.450. The molecule has 1 amide bonds. The second kappa shape index (κ2) is 9.92. The molecule has 2 N–H and O–H groups in total. The smallest absolute Gasteiger partial charge is 0.292 e. The lowest BCUT2D eigenvalue weighted by Crippen LogP contribution is -2.30. The van der Waals surface area contributed by atoms with Crippen molar-refractivity contribution in [3.8, 4) is 0 Å². The molecule has 0 aromatic heterocycles. The summed E-state index contributed by atoms with van der Waals surface area (Å²) < 4.78 is 27.0. The Balaban J connectivity index is 1.64. The zero-order valence-electron chi connectivity index (χ0n) is 17.3. The number of nitrogens with zero attached hydrogens (tertiary/aromatic N) is 2. The first kappa shape index (κ1) is 22.8. The Bertz CT molecular complexity index is 1220. The highest BCUT2D eigenvalue weighted by Gasteiger charge is 2.22. The van der Waals surface area contributed by atoms with Crippen molar-refractivity contribution in [1.29, 1.82) is 0 Å². The first-order chi connectivity index (χ1) is 15.3. The molecule has 0 radical (unpaired) electrons. The van der Waals surface area contributed by atoms with Crippen LogP contribution in [-0.2, 0) is 10.0 Å². The highest BCUT2D eigenvalue weighted by Crippen LogP contribution is 2.23. The molecule has 0 aliphatic carbocycles. The number of rotatable bonds is 9. The second-order valence-corrected chi connectivity index (χ2v) is 8.76. The van der Waals surface area contributed by atoms with Crippen molar-refractivity contribution in [1.82, 2.24) is 5.32 Å². The van der Waals surface area contributed by atoms with Crippen LogP contribution in [0.1, 0.15) is 10.4 Å². The summed E-state index contributed by atoms with van der Waals surface area (Å²) in [4.78, 5) is 23.0. The van der Waals surface area contributed by atoms with Crippen molar-refractivity contribution in [2.75, 3.05) is 29.8 Å². The van der Waals surface area contributed by atoms with Gasteiger partial charge in [0.05, 0.1) is 15.5 Å². The van der Waals surface area contributed by atoms with E-state index < -0.39 is 20.9 Å². The molecule has 0 spiro atoms. The second-order valence-electron chi connectivity index (χ2n) is 6.79. The van der Waals surface area contributed by atoms with Crippen LogP contribution in [-0.4, -0.2) is 39.4 Å². The summed E-state index contributed by atoms with van der Waals surface area (Å²) in [6.07, 6.45) is 0. The highest BCUT2D eigenvalue weighted by molar-refractivity contribution is 7.92. The molecular weight excluding hydrogens is 432 g/mol. The largest absolute Gasteiger partial charge is 0.378 e. The number of amides is 1. The van der Waals surface area contributed by atoms with Gasteiger partial charge in [-0.25, -0.2) is 8.42 Å². The Morgan fingerprint density at radius 3 is 2.38 bits per heavy atom. The number of nitro groups is 1. The molecule has 166 valence electrons. The van der Waals surface area contributed by atoms with Gasteiger partial charge in [-0.2, -0.15) is 0 Å². The molecule has 3 aromatic carbocycles. The van der Waals surface area contributed by atoms with Crippen LogP contribution < -0.4 is 14.9 Å². The third-order valence-corrected chi connectivity index (χ3v) is 6.48. The quantitative estimate of drug-likeness (QED) is 0.291. The van der Waals surface area contributed by atoms with Crippen molar-refractivity contribution < 1.29 is 18.1 Å². The van der Waals surface area contributed by atoms with Gasteiger partial charge in [-0.3, -0.25) is 19.2 Å². The minimum absolute atomic E-state index is 0.00506. The van der Waals surface area contributed by atoms with Gasteiger partial charge < -0.3 is 10.6 Å². The lowest BCUT2D eigenvalue weighted by atomic mass is 10.2. The van der Waals surface area contributed by atoms with Gasteiger partial charge in [-0.15, -0.1) is 0 Å². The number of hydrogen-bond acceptors (Lipinski definition) is 6. The zero-order chi connectivity index (χ0) is 23.1. The fraction of sp³-hybridized carbons (Fsp3) is 0.136. The topological polar surface area (TPSA) is 122 Å². The number of para-hydroxylation sites is 3. The number of nitrogens with one attached hydrogen (secondary N) is 2. The minimum atomic E-state index is -3.85. The lowest BCUT2D eigenvalue weighted by molar-refractivity contribution is -0.384. The van der Waals surface area contributed by atoms with E-state index in [1.165, 1.54) is 37.4 Å². The summed E-state index contributed by atoms with van der Waals surface area (Å²) >= 11 is 0. The van der Waals surface area contributed by atoms with E-state index in [9.17, 15) is 23.3 Å². The zero-order valence-corrected chi connectivity index (χ0v) is 18.1. The summed E-state index contributed by atoms with van der Waals surface area (Å²) in [5, 5.41) is 16.6. The number of benzene rings is 3. The van der Waals surface area contributed by atoms with Gasteiger partial charge in [0.25, 0.3) is 21.6 Å². The van der Waals surface area contributed by atoms with Crippen molar-refractivity contribution in [2.24, 2.45) is 0 Å². The van der Waals surface area contributed by atoms with Gasteiger partial charge in [0.2, 0.25) is 0 Å². The van der Waals surface area contributed by atoms with E-state index in [0.29, 0.717) is 11.4 Å². The van der Waals surface area contributed by atoms with Crippen LogP contribution in [0.5, 0.6) is 0 Å². The van der Waals surface area contributed by atoms with Crippen LogP contribution in [0.25, 0.3) is 0 Å². The van der Waals surface area contributed by atoms with Gasteiger partial charge in [0.15, 0.2) is 0 Å². The van der Waals surface area contributed by atoms with Gasteiger partial charge in [0.1, 0.15) is 5.69 Å². The van der Waals surface area contributed by atoms with Crippen LogP contribution in [0.4, 0.5) is 17.1 Å². The molecule has 0 bridgehead atoms. The van der Waals surface area contributed by atoms with Crippen LogP contribution in [0.3, 0.4) is 0 Å². The lowest BCUT2D eigenvalue weighted by Gasteiger charge is -2.19. The Morgan fingerprint density at radius 2 is 1.66 bits per heavy atom. The van der Waals surface area contributed by atoms with Crippen LogP contribution in [0.2, 0.25) is 0 Å². The van der Waals surface area contributed by atoms with Crippen molar-refractivity contribution in [3.63, 3.8) is 0 Å². The highest BCUT2D eigenvalue weighted by atomic mass is 32.2. The van der Waals surface area contributed by atoms with Crippen LogP contribution >= 0.6 is 0 Å². The molecule has 3 aromatic rings. The molecular formula is C22H22N4O5S. The van der Waals surface area contributed by atoms with Crippen LogP contribution in [0.15, 0.2) is 83.8 Å². The van der Waals surface area contributed by atoms with Crippen molar-refractivity contribution >= 4 is 33.0 Å². The Morgan fingerprint density at radius 1 is 0.969 bits per heavy atom. The van der Waals surface area contributed by atoms with E-state index >= 15 is 0 Å². The third-order valence-electron chi connectivity index (χ3n) is 4.70. The molecule has 10 heteroatoms. The summed E-state index contributed by atoms with van der Waals surface area (Å²) in [5.41, 5.74) is 0.990. The number of anilines is 2. The van der Waals surface area contributed by atoms with Gasteiger partial charge in [-0.05, 0) is 36.4 Å². The van der Waals surface area contributed by atoms with Gasteiger partial charge in [-0.1, -0.05) is 36.4 Å². The fourth-order valence-corrected chi connectivity index (χ4v) is 4.23. The van der Waals surface area contributed by atoms with E-state index in [4.69, 9.17) is 0 Å². The number of hydrogen-bond donors (Lipinski definition) is 2. The predicted octanol–water partition coefficient (Wildman–Crippen LogP) is 3.26. The molecule has 0 aliphatic rings. The minimum Gasteiger partial charge on any atom is -0.378 e. The molecule has 3 rings (SSSR count). The van der Waals surface area contributed by atoms with Crippen molar-refractivity contribution in [3.05, 3.63) is 94.5 Å². The third kappa shape index (κ3) is 5.22. The molecule has 0 saturated carbocycles. The normalized spacial score (nSPS) is 10.9. The summed E-state index contributed by atoms with van der Waals surface area (Å²) in [6.45, 7) is 0.442. The standard InChI is InChI=1S/C22H22N4O5S/c1-25(18-9-3-2-4-10-18)32(30,31)19-11-7-8-17(16-19)22(27)24-15-14-23-20-12-5-6-13-21(20)26(28)29/h2-13,16,23H,14-15H2,1H3,(H,24,27). The van der Waals surface area contributed by atoms with Crippen molar-refractivity contribution in [2.45, 2.75) is 4.90 Å². The molecule has 0 fully saturated rings. The Labute approximate surface area is 185 Å². The van der Waals surface area contributed by atoms with Crippen LogP contribution in [0, 0.1) is 10.1 Å². The molecule has 0 atom stereocenters. The van der Waals surface area contributed by atoms with E-state index in [2.05, 4.69) is 10.6 Å². The molecule has 0 unspecified atom stereocenters. The molecule has 0 heterocycles. The van der Waals surface area contributed by atoms with E-state index in [1.807, 2.05) is 0 Å². The van der Waals surface area contributed by atoms with E-state index in [-0.39, 0.29) is 29.2 Å². The van der Waals surface area contributed by atoms with E-state index in [1.54, 1.807) is 48.5 Å². The molecule has 32 heavy (non-hydrogen) atoms. The summed E-state index contributed by atoms with van der Waals surface area (Å²) in [7, 11) is -2.39. The van der Waals surface area contributed by atoms with Gasteiger partial charge >= 0.3 is 0 Å². The monoisotopic (exact) mass is 454 g/mol. The predicted molar refractivity (Wildman–Crippen MR) is 122 cm³/mol. The number of sulfonamides is 1. The summed E-state index contributed by atoms with van der Waals surface area (Å²) in [6, 6.07) is 20.6. The first-order valence-electron chi connectivity index (χ1n) is 9.70. The average molecular weight is 455 g/mol. The maximum Gasteiger partial charge on any atom is 0.292 e. The SMILES string of the molecule is CN(c1ccccc1)S(=O)(=O)c1cccc(C(=O)NCCNc2ccccc2[N+](=O)[O-])c1. The van der Waals surface area contributed by atoms with Gasteiger partial charge in [0, 0.05) is 31.8 Å². The fourth-order valence-electron chi connectivity index (χ4n) is 2.99. The number of nitro benzene ring substituents is 1. The molecule has 0 saturated heterocycles. The maximum absolute atomic E-state index is 12.9. The van der Waals surface area contributed by atoms with E-state index in [0.717, 1.165) is 4.31 Å². The molecule has 0 aliphatic heterocycles. The maximum atomic E-state index is 12.9. The number of carbonyl (C=O) groups excluding carboxylic acids is 1.